The van der Waals surface area contributed by atoms with Gasteiger partial charge in [-0.15, -0.1) is 11.3 Å². The number of carbonyl (C=O) groups is 2. The summed E-state index contributed by atoms with van der Waals surface area (Å²) in [7, 11) is 0. The number of rotatable bonds is 7. The molecule has 2 fully saturated rings. The third-order valence-corrected chi connectivity index (χ3v) is 6.08. The summed E-state index contributed by atoms with van der Waals surface area (Å²) in [5.74, 6) is 0.426. The van der Waals surface area contributed by atoms with Crippen LogP contribution in [0.1, 0.15) is 29.4 Å². The van der Waals surface area contributed by atoms with E-state index in [0.717, 1.165) is 17.7 Å². The zero-order valence-corrected chi connectivity index (χ0v) is 16.4. The van der Waals surface area contributed by atoms with Crippen molar-refractivity contribution >= 4 is 28.8 Å². The summed E-state index contributed by atoms with van der Waals surface area (Å²) in [6, 6.07) is 10.6. The molecule has 2 aliphatic rings. The van der Waals surface area contributed by atoms with E-state index < -0.39 is 6.10 Å². The van der Waals surface area contributed by atoms with Crippen molar-refractivity contribution in [2.24, 2.45) is 5.92 Å². The van der Waals surface area contributed by atoms with E-state index in [4.69, 9.17) is 4.74 Å². The summed E-state index contributed by atoms with van der Waals surface area (Å²) in [5, 5.41) is 15.7. The Hall–Kier alpha value is -2.22. The molecule has 2 N–H and O–H groups in total. The summed E-state index contributed by atoms with van der Waals surface area (Å²) in [6.07, 6.45) is 1.82. The number of nitrogens with zero attached hydrogens (tertiary/aromatic N) is 1. The molecule has 1 aliphatic carbocycles. The lowest BCUT2D eigenvalue weighted by atomic mass is 9.99. The highest BCUT2D eigenvalue weighted by Crippen LogP contribution is 2.33. The van der Waals surface area contributed by atoms with Gasteiger partial charge in [-0.05, 0) is 47.9 Å². The average molecular weight is 401 g/mol. The largest absolute Gasteiger partial charge is 0.386 e. The quantitative estimate of drug-likeness (QED) is 0.749. The number of ether oxygens (including phenoxy) is 1. The Labute approximate surface area is 168 Å². The number of aliphatic hydroxyl groups is 1. The first kappa shape index (κ1) is 19.1. The Balaban J connectivity index is 1.39. The smallest absolute Gasteiger partial charge is 0.249 e. The molecule has 0 bridgehead atoms. The van der Waals surface area contributed by atoms with Crippen LogP contribution >= 0.6 is 11.3 Å². The molecule has 2 aromatic rings. The Morgan fingerprint density at radius 1 is 1.29 bits per heavy atom. The molecule has 1 aliphatic heterocycles. The van der Waals surface area contributed by atoms with Crippen LogP contribution in [0.4, 0.5) is 5.69 Å². The molecule has 1 aromatic carbocycles. The number of hydrogen-bond donors (Lipinski definition) is 2. The van der Waals surface area contributed by atoms with Gasteiger partial charge in [0.05, 0.1) is 19.1 Å². The first-order valence-corrected chi connectivity index (χ1v) is 10.5. The maximum Gasteiger partial charge on any atom is 0.249 e. The van der Waals surface area contributed by atoms with E-state index in [9.17, 15) is 14.7 Å². The van der Waals surface area contributed by atoms with Crippen molar-refractivity contribution in [2.45, 2.75) is 31.4 Å². The lowest BCUT2D eigenvalue weighted by Crippen LogP contribution is -2.52. The fourth-order valence-electron chi connectivity index (χ4n) is 3.46. The number of thiophene rings is 1. The maximum absolute atomic E-state index is 12.3. The van der Waals surface area contributed by atoms with Gasteiger partial charge in [-0.25, -0.2) is 0 Å². The molecule has 6 nitrogen and oxygen atoms in total. The van der Waals surface area contributed by atoms with Gasteiger partial charge in [-0.2, -0.15) is 0 Å². The minimum atomic E-state index is -0.820. The number of carbonyl (C=O) groups excluding carboxylic acids is 2. The SMILES string of the molecule is O=C(Cc1cccs1)Nc1ccc([C@@H](O)[C@H]2COCC(=O)N2CC2CC2)cc1. The van der Waals surface area contributed by atoms with Crippen molar-refractivity contribution in [1.29, 1.82) is 0 Å². The average Bonchev–Trinajstić information content (AvgIpc) is 3.37. The van der Waals surface area contributed by atoms with Crippen LogP contribution in [0.25, 0.3) is 0 Å². The Morgan fingerprint density at radius 3 is 2.75 bits per heavy atom. The first-order valence-electron chi connectivity index (χ1n) is 9.57. The van der Waals surface area contributed by atoms with Crippen LogP contribution in [-0.4, -0.2) is 47.6 Å². The molecule has 2 amide bonds. The van der Waals surface area contributed by atoms with E-state index in [1.807, 2.05) is 17.5 Å². The fraction of sp³-hybridized carbons (Fsp3) is 0.429. The van der Waals surface area contributed by atoms with Crippen LogP contribution in [0.3, 0.4) is 0 Å². The molecule has 0 spiro atoms. The second kappa shape index (κ2) is 8.43. The first-order chi connectivity index (χ1) is 13.6. The van der Waals surface area contributed by atoms with Crippen molar-refractivity contribution in [3.8, 4) is 0 Å². The molecule has 2 heterocycles. The van der Waals surface area contributed by atoms with Gasteiger partial charge in [0, 0.05) is 17.1 Å². The Bertz CT molecular complexity index is 817. The van der Waals surface area contributed by atoms with E-state index in [2.05, 4.69) is 5.32 Å². The Kier molecular flexibility index (Phi) is 5.75. The third-order valence-electron chi connectivity index (χ3n) is 5.20. The fourth-order valence-corrected chi connectivity index (χ4v) is 4.17. The monoisotopic (exact) mass is 400 g/mol. The van der Waals surface area contributed by atoms with Gasteiger partial charge < -0.3 is 20.1 Å². The number of nitrogens with one attached hydrogen (secondary N) is 1. The maximum atomic E-state index is 12.3. The molecule has 4 rings (SSSR count). The molecule has 7 heteroatoms. The minimum Gasteiger partial charge on any atom is -0.386 e. The molecule has 0 unspecified atom stereocenters. The van der Waals surface area contributed by atoms with Gasteiger partial charge in [0.25, 0.3) is 0 Å². The number of amides is 2. The van der Waals surface area contributed by atoms with Crippen molar-refractivity contribution in [1.82, 2.24) is 4.90 Å². The van der Waals surface area contributed by atoms with Crippen LogP contribution in [0.2, 0.25) is 0 Å². The van der Waals surface area contributed by atoms with Gasteiger partial charge in [0.2, 0.25) is 11.8 Å². The number of morpholine rings is 1. The standard InChI is InChI=1S/C21H24N2O4S/c24-19(10-17-2-1-9-28-17)22-16-7-5-15(6-8-16)21(26)18-12-27-13-20(25)23(18)11-14-3-4-14/h1-2,5-9,14,18,21,26H,3-4,10-13H2,(H,22,24)/t18-,21-/m1/s1. The van der Waals surface area contributed by atoms with Crippen molar-refractivity contribution in [3.63, 3.8) is 0 Å². The molecule has 1 aromatic heterocycles. The zero-order chi connectivity index (χ0) is 19.5. The second-order valence-corrected chi connectivity index (χ2v) is 8.48. The van der Waals surface area contributed by atoms with Crippen LogP contribution in [0.15, 0.2) is 41.8 Å². The van der Waals surface area contributed by atoms with Crippen LogP contribution in [0, 0.1) is 5.92 Å². The highest BCUT2D eigenvalue weighted by atomic mass is 32.1. The predicted molar refractivity (Wildman–Crippen MR) is 107 cm³/mol. The van der Waals surface area contributed by atoms with E-state index >= 15 is 0 Å². The summed E-state index contributed by atoms with van der Waals surface area (Å²) in [6.45, 7) is 1.12. The number of hydrogen-bond acceptors (Lipinski definition) is 5. The Morgan fingerprint density at radius 2 is 2.07 bits per heavy atom. The lowest BCUT2D eigenvalue weighted by molar-refractivity contribution is -0.154. The van der Waals surface area contributed by atoms with E-state index in [-0.39, 0.29) is 24.5 Å². The zero-order valence-electron chi connectivity index (χ0n) is 15.5. The molecule has 1 saturated carbocycles. The molecule has 1 saturated heterocycles. The third kappa shape index (κ3) is 4.60. The van der Waals surface area contributed by atoms with E-state index in [1.165, 1.54) is 0 Å². The summed E-state index contributed by atoms with van der Waals surface area (Å²) in [4.78, 5) is 27.2. The van der Waals surface area contributed by atoms with Gasteiger partial charge in [-0.3, -0.25) is 9.59 Å². The number of anilines is 1. The number of benzene rings is 1. The molecule has 148 valence electrons. The predicted octanol–water partition coefficient (Wildman–Crippen LogP) is 2.60. The summed E-state index contributed by atoms with van der Waals surface area (Å²) >= 11 is 1.55. The van der Waals surface area contributed by atoms with E-state index in [1.54, 1.807) is 40.5 Å². The van der Waals surface area contributed by atoms with Crippen LogP contribution < -0.4 is 5.32 Å². The van der Waals surface area contributed by atoms with Gasteiger partial charge >= 0.3 is 0 Å². The molecule has 28 heavy (non-hydrogen) atoms. The topological polar surface area (TPSA) is 78.9 Å². The normalized spacial score (nSPS) is 20.8. The highest BCUT2D eigenvalue weighted by Gasteiger charge is 2.37. The molecule has 2 atom stereocenters. The molecular formula is C21H24N2O4S. The van der Waals surface area contributed by atoms with E-state index in [0.29, 0.717) is 36.7 Å². The molecular weight excluding hydrogens is 376 g/mol. The van der Waals surface area contributed by atoms with Crippen molar-refractivity contribution < 1.29 is 19.4 Å². The van der Waals surface area contributed by atoms with Gasteiger partial charge in [0.1, 0.15) is 12.7 Å². The summed E-state index contributed by atoms with van der Waals surface area (Å²) in [5.41, 5.74) is 1.39. The van der Waals surface area contributed by atoms with Gasteiger partial charge in [-0.1, -0.05) is 18.2 Å². The van der Waals surface area contributed by atoms with Crippen LogP contribution in [-0.2, 0) is 20.7 Å². The lowest BCUT2D eigenvalue weighted by Gasteiger charge is -2.38. The minimum absolute atomic E-state index is 0.0559. The summed E-state index contributed by atoms with van der Waals surface area (Å²) < 4.78 is 5.39. The van der Waals surface area contributed by atoms with Gasteiger partial charge in [0.15, 0.2) is 0 Å². The number of aliphatic hydroxyl groups excluding tert-OH is 1. The van der Waals surface area contributed by atoms with Crippen molar-refractivity contribution in [2.75, 3.05) is 25.1 Å². The highest BCUT2D eigenvalue weighted by molar-refractivity contribution is 7.10. The van der Waals surface area contributed by atoms with Crippen LogP contribution in [0.5, 0.6) is 0 Å². The second-order valence-electron chi connectivity index (χ2n) is 7.44. The molecule has 0 radical (unpaired) electrons. The van der Waals surface area contributed by atoms with Crippen molar-refractivity contribution in [3.05, 3.63) is 52.2 Å².